The number of hydrogen-bond donors (Lipinski definition) is 0. The molecule has 0 aliphatic carbocycles. The van der Waals surface area contributed by atoms with Gasteiger partial charge in [-0.25, -0.2) is 0 Å². The summed E-state index contributed by atoms with van der Waals surface area (Å²) < 4.78 is 0. The molecule has 0 N–H and O–H groups in total. The Morgan fingerprint density at radius 1 is 1.04 bits per heavy atom. The fraction of sp³-hybridized carbons (Fsp3) is 0.450. The molecule has 1 aromatic heterocycles. The van der Waals surface area contributed by atoms with Gasteiger partial charge in [-0.05, 0) is 56.0 Å². The van der Waals surface area contributed by atoms with Crippen LogP contribution in [0.15, 0.2) is 54.9 Å². The van der Waals surface area contributed by atoms with Crippen molar-refractivity contribution in [1.29, 1.82) is 0 Å². The zero-order valence-electron chi connectivity index (χ0n) is 13.7. The summed E-state index contributed by atoms with van der Waals surface area (Å²) in [4.78, 5) is 6.84. The largest absolute Gasteiger partial charge is 0.302 e. The lowest BCUT2D eigenvalue weighted by Gasteiger charge is -2.19. The lowest BCUT2D eigenvalue weighted by molar-refractivity contribution is 0.285. The fourth-order valence-electron chi connectivity index (χ4n) is 3.18. The van der Waals surface area contributed by atoms with E-state index in [0.717, 1.165) is 6.42 Å². The zero-order valence-corrected chi connectivity index (χ0v) is 14.5. The second kappa shape index (κ2) is 9.09. The highest BCUT2D eigenvalue weighted by Gasteiger charge is 2.18. The van der Waals surface area contributed by atoms with Crippen LogP contribution >= 0.6 is 11.8 Å². The first-order valence-corrected chi connectivity index (χ1v) is 9.74. The van der Waals surface area contributed by atoms with E-state index in [0.29, 0.717) is 5.25 Å². The van der Waals surface area contributed by atoms with Crippen LogP contribution in [0.4, 0.5) is 0 Å². The van der Waals surface area contributed by atoms with Gasteiger partial charge in [0.25, 0.3) is 0 Å². The fourth-order valence-corrected chi connectivity index (χ4v) is 4.45. The molecule has 2 aromatic rings. The minimum Gasteiger partial charge on any atom is -0.302 e. The minimum atomic E-state index is 0.677. The standard InChI is InChI=1S/C20H26N2S/c1-2-9-19(10-3-1)20-11-14-22(15-16-23-20)13-5-4-7-18-8-6-12-21-17-18/h1-3,6,8-10,12,17,20H,4-5,7,11,13-16H2. The SMILES string of the molecule is c1ccc(C2CCN(CCCCc3cccnc3)CCS2)cc1. The van der Waals surface area contributed by atoms with E-state index < -0.39 is 0 Å². The summed E-state index contributed by atoms with van der Waals surface area (Å²) >= 11 is 2.13. The molecule has 122 valence electrons. The number of pyridine rings is 1. The third kappa shape index (κ3) is 5.36. The topological polar surface area (TPSA) is 16.1 Å². The number of unbranched alkanes of at least 4 members (excludes halogenated alkanes) is 1. The Balaban J connectivity index is 1.38. The lowest BCUT2D eigenvalue weighted by atomic mass is 10.1. The molecule has 1 atom stereocenters. The van der Waals surface area contributed by atoms with E-state index in [2.05, 4.69) is 58.0 Å². The summed E-state index contributed by atoms with van der Waals surface area (Å²) in [7, 11) is 0. The summed E-state index contributed by atoms with van der Waals surface area (Å²) in [6.07, 6.45) is 8.82. The van der Waals surface area contributed by atoms with Crippen molar-refractivity contribution in [3.63, 3.8) is 0 Å². The lowest BCUT2D eigenvalue weighted by Crippen LogP contribution is -2.27. The van der Waals surface area contributed by atoms with Crippen molar-refractivity contribution in [2.45, 2.75) is 30.9 Å². The number of thioether (sulfide) groups is 1. The van der Waals surface area contributed by atoms with Crippen LogP contribution in [-0.4, -0.2) is 35.3 Å². The summed E-state index contributed by atoms with van der Waals surface area (Å²) in [5.74, 6) is 1.25. The van der Waals surface area contributed by atoms with Gasteiger partial charge >= 0.3 is 0 Å². The van der Waals surface area contributed by atoms with Crippen molar-refractivity contribution in [3.8, 4) is 0 Å². The second-order valence-corrected chi connectivity index (χ2v) is 7.53. The molecule has 1 aliphatic rings. The molecule has 2 heterocycles. The summed E-state index contributed by atoms with van der Waals surface area (Å²) in [6, 6.07) is 15.2. The summed E-state index contributed by atoms with van der Waals surface area (Å²) in [5.41, 5.74) is 2.86. The first kappa shape index (κ1) is 16.5. The number of nitrogens with zero attached hydrogens (tertiary/aromatic N) is 2. The number of rotatable bonds is 6. The molecule has 3 heteroatoms. The Morgan fingerprint density at radius 3 is 2.78 bits per heavy atom. The Hall–Kier alpha value is -1.32. The Labute approximate surface area is 144 Å². The third-order valence-corrected chi connectivity index (χ3v) is 5.85. The summed E-state index contributed by atoms with van der Waals surface area (Å²) in [6.45, 7) is 3.71. The number of benzene rings is 1. The van der Waals surface area contributed by atoms with Gasteiger partial charge in [0.15, 0.2) is 0 Å². The van der Waals surface area contributed by atoms with Crippen molar-refractivity contribution < 1.29 is 0 Å². The van der Waals surface area contributed by atoms with Crippen molar-refractivity contribution in [2.75, 3.05) is 25.4 Å². The smallest absolute Gasteiger partial charge is 0.0309 e. The van der Waals surface area contributed by atoms with E-state index in [4.69, 9.17) is 0 Å². The highest BCUT2D eigenvalue weighted by Crippen LogP contribution is 2.34. The molecule has 0 saturated carbocycles. The van der Waals surface area contributed by atoms with Crippen molar-refractivity contribution >= 4 is 11.8 Å². The van der Waals surface area contributed by atoms with Gasteiger partial charge in [-0.3, -0.25) is 4.98 Å². The Morgan fingerprint density at radius 2 is 1.96 bits per heavy atom. The van der Waals surface area contributed by atoms with Crippen LogP contribution in [0.25, 0.3) is 0 Å². The highest BCUT2D eigenvalue weighted by atomic mass is 32.2. The normalized spacial score (nSPS) is 19.4. The quantitative estimate of drug-likeness (QED) is 0.723. The predicted octanol–water partition coefficient (Wildman–Crippen LogP) is 4.58. The van der Waals surface area contributed by atoms with Crippen molar-refractivity contribution in [3.05, 3.63) is 66.0 Å². The van der Waals surface area contributed by atoms with E-state index in [1.165, 1.54) is 55.8 Å². The molecule has 0 radical (unpaired) electrons. The van der Waals surface area contributed by atoms with Crippen molar-refractivity contribution in [1.82, 2.24) is 9.88 Å². The molecular formula is C20H26N2S. The molecule has 2 nitrogen and oxygen atoms in total. The average Bonchev–Trinajstić information content (AvgIpc) is 2.86. The van der Waals surface area contributed by atoms with E-state index in [1.54, 1.807) is 0 Å². The molecular weight excluding hydrogens is 300 g/mol. The summed E-state index contributed by atoms with van der Waals surface area (Å²) in [5, 5.41) is 0.677. The van der Waals surface area contributed by atoms with Crippen LogP contribution in [0.1, 0.15) is 35.6 Å². The van der Waals surface area contributed by atoms with E-state index >= 15 is 0 Å². The Kier molecular flexibility index (Phi) is 6.54. The molecule has 23 heavy (non-hydrogen) atoms. The molecule has 3 rings (SSSR count). The molecule has 0 amide bonds. The maximum Gasteiger partial charge on any atom is 0.0309 e. The maximum absolute atomic E-state index is 4.19. The number of hydrogen-bond acceptors (Lipinski definition) is 3. The maximum atomic E-state index is 4.19. The average molecular weight is 327 g/mol. The van der Waals surface area contributed by atoms with Crippen LogP contribution in [0, 0.1) is 0 Å². The predicted molar refractivity (Wildman–Crippen MR) is 99.9 cm³/mol. The molecule has 0 spiro atoms. The van der Waals surface area contributed by atoms with Crippen LogP contribution in [0.2, 0.25) is 0 Å². The van der Waals surface area contributed by atoms with Crippen LogP contribution < -0.4 is 0 Å². The molecule has 1 unspecified atom stereocenters. The second-order valence-electron chi connectivity index (χ2n) is 6.22. The van der Waals surface area contributed by atoms with Gasteiger partial charge in [-0.2, -0.15) is 11.8 Å². The van der Waals surface area contributed by atoms with Gasteiger partial charge < -0.3 is 4.90 Å². The monoisotopic (exact) mass is 326 g/mol. The number of aromatic nitrogens is 1. The van der Waals surface area contributed by atoms with E-state index in [9.17, 15) is 0 Å². The molecule has 1 saturated heterocycles. The molecule has 1 aromatic carbocycles. The van der Waals surface area contributed by atoms with Crippen LogP contribution in [0.5, 0.6) is 0 Å². The number of aryl methyl sites for hydroxylation is 1. The zero-order chi connectivity index (χ0) is 15.7. The minimum absolute atomic E-state index is 0.677. The highest BCUT2D eigenvalue weighted by molar-refractivity contribution is 7.99. The Bertz CT molecular complexity index is 558. The van der Waals surface area contributed by atoms with Crippen LogP contribution in [-0.2, 0) is 6.42 Å². The molecule has 1 aliphatic heterocycles. The van der Waals surface area contributed by atoms with E-state index in [1.807, 2.05) is 18.5 Å². The van der Waals surface area contributed by atoms with Gasteiger partial charge in [-0.15, -0.1) is 0 Å². The van der Waals surface area contributed by atoms with Gasteiger partial charge in [0.05, 0.1) is 0 Å². The van der Waals surface area contributed by atoms with Gasteiger partial charge in [0.2, 0.25) is 0 Å². The molecule has 1 fully saturated rings. The van der Waals surface area contributed by atoms with Crippen LogP contribution in [0.3, 0.4) is 0 Å². The third-order valence-electron chi connectivity index (χ3n) is 4.52. The van der Waals surface area contributed by atoms with Gasteiger partial charge in [0, 0.05) is 29.9 Å². The van der Waals surface area contributed by atoms with Gasteiger partial charge in [0.1, 0.15) is 0 Å². The first-order chi connectivity index (χ1) is 11.4. The van der Waals surface area contributed by atoms with E-state index in [-0.39, 0.29) is 0 Å². The van der Waals surface area contributed by atoms with Crippen molar-refractivity contribution in [2.24, 2.45) is 0 Å². The van der Waals surface area contributed by atoms with Gasteiger partial charge in [-0.1, -0.05) is 36.4 Å². The molecule has 0 bridgehead atoms. The first-order valence-electron chi connectivity index (χ1n) is 8.69.